The minimum Gasteiger partial charge on any atom is -0.493 e. The molecule has 0 atom stereocenters. The molecule has 3 aliphatic carbocycles. The van der Waals surface area contributed by atoms with Gasteiger partial charge in [-0.15, -0.1) is 0 Å². The van der Waals surface area contributed by atoms with Crippen LogP contribution in [-0.4, -0.2) is 6.61 Å². The standard InChI is InChI=1S/C21H31F5OS/c1-2-3-4-5-10-20-11-14-21(15-12-20,16-13-20)17-27-18-6-8-19(9-7-18)28(22,23,24,25)26/h6-9H,2-5,10-17H2,1H3. The highest BCUT2D eigenvalue weighted by molar-refractivity contribution is 8.45. The summed E-state index contributed by atoms with van der Waals surface area (Å²) < 4.78 is 69.8. The third-order valence-corrected chi connectivity index (χ3v) is 8.09. The van der Waals surface area contributed by atoms with Crippen molar-refractivity contribution in [3.05, 3.63) is 24.3 Å². The maximum atomic E-state index is 12.8. The first-order valence-corrected chi connectivity index (χ1v) is 12.3. The Kier molecular flexibility index (Phi) is 5.26. The smallest absolute Gasteiger partial charge is 0.310 e. The molecule has 1 aromatic carbocycles. The third kappa shape index (κ3) is 5.14. The molecule has 2 bridgehead atoms. The van der Waals surface area contributed by atoms with Crippen LogP contribution in [-0.2, 0) is 0 Å². The van der Waals surface area contributed by atoms with Gasteiger partial charge in [0.05, 0.1) is 6.61 Å². The summed E-state index contributed by atoms with van der Waals surface area (Å²) in [4.78, 5) is -1.87. The van der Waals surface area contributed by atoms with E-state index in [1.54, 1.807) is 0 Å². The molecule has 3 fully saturated rings. The Hall–Kier alpha value is -0.980. The number of halogens is 5. The van der Waals surface area contributed by atoms with E-state index in [1.807, 2.05) is 0 Å². The Bertz CT molecular complexity index is 659. The lowest BCUT2D eigenvalue weighted by atomic mass is 9.53. The number of rotatable bonds is 9. The zero-order valence-corrected chi connectivity index (χ0v) is 17.3. The maximum Gasteiger partial charge on any atom is 0.310 e. The maximum absolute atomic E-state index is 12.8. The SMILES string of the molecule is CCCCCCC12CCC(COc3ccc(S(F)(F)(F)(F)F)cc3)(CC1)CC2. The van der Waals surface area contributed by atoms with Gasteiger partial charge in [-0.2, -0.15) is 0 Å². The van der Waals surface area contributed by atoms with Crippen LogP contribution in [0.5, 0.6) is 5.75 Å². The van der Waals surface area contributed by atoms with E-state index in [1.165, 1.54) is 51.4 Å². The van der Waals surface area contributed by atoms with Crippen molar-refractivity contribution in [1.29, 1.82) is 0 Å². The van der Waals surface area contributed by atoms with Gasteiger partial charge < -0.3 is 4.74 Å². The predicted molar refractivity (Wildman–Crippen MR) is 105 cm³/mol. The van der Waals surface area contributed by atoms with Gasteiger partial charge in [-0.25, -0.2) is 0 Å². The number of benzene rings is 1. The number of fused-ring (bicyclic) bond motifs is 3. The van der Waals surface area contributed by atoms with Gasteiger partial charge in [0.2, 0.25) is 0 Å². The van der Waals surface area contributed by atoms with Crippen LogP contribution in [0.2, 0.25) is 0 Å². The van der Waals surface area contributed by atoms with Gasteiger partial charge in [0.15, 0.2) is 0 Å². The van der Waals surface area contributed by atoms with Crippen LogP contribution in [0.1, 0.15) is 77.6 Å². The highest BCUT2D eigenvalue weighted by atomic mass is 32.5. The van der Waals surface area contributed by atoms with Gasteiger partial charge in [-0.3, -0.25) is 0 Å². The first kappa shape index (κ1) is 21.7. The highest BCUT2D eigenvalue weighted by Crippen LogP contribution is 3.02. The van der Waals surface area contributed by atoms with Crippen LogP contribution >= 0.6 is 10.2 Å². The lowest BCUT2D eigenvalue weighted by Crippen LogP contribution is -2.44. The summed E-state index contributed by atoms with van der Waals surface area (Å²) in [6.07, 6.45) is 13.3. The van der Waals surface area contributed by atoms with Gasteiger partial charge in [0.1, 0.15) is 10.6 Å². The predicted octanol–water partition coefficient (Wildman–Crippen LogP) is 9.03. The van der Waals surface area contributed by atoms with Gasteiger partial charge in [-0.05, 0) is 74.6 Å². The molecule has 0 radical (unpaired) electrons. The van der Waals surface area contributed by atoms with E-state index in [-0.39, 0.29) is 11.2 Å². The van der Waals surface area contributed by atoms with Gasteiger partial charge in [-0.1, -0.05) is 52.0 Å². The second kappa shape index (κ2) is 6.78. The zero-order chi connectivity index (χ0) is 20.6. The fraction of sp³-hybridized carbons (Fsp3) is 0.714. The molecule has 7 heteroatoms. The van der Waals surface area contributed by atoms with Gasteiger partial charge in [0.25, 0.3) is 0 Å². The summed E-state index contributed by atoms with van der Waals surface area (Å²) in [5, 5.41) is 0. The highest BCUT2D eigenvalue weighted by Gasteiger charge is 2.65. The quantitative estimate of drug-likeness (QED) is 0.283. The van der Waals surface area contributed by atoms with Crippen molar-refractivity contribution in [2.75, 3.05) is 6.61 Å². The van der Waals surface area contributed by atoms with Crippen molar-refractivity contribution < 1.29 is 24.2 Å². The average molecular weight is 427 g/mol. The molecule has 4 rings (SSSR count). The second-order valence-electron chi connectivity index (χ2n) is 9.04. The van der Waals surface area contributed by atoms with Gasteiger partial charge in [0, 0.05) is 5.41 Å². The fourth-order valence-corrected chi connectivity index (χ4v) is 5.54. The van der Waals surface area contributed by atoms with E-state index in [4.69, 9.17) is 4.74 Å². The number of hydrogen-bond donors (Lipinski definition) is 0. The van der Waals surface area contributed by atoms with Crippen LogP contribution in [0, 0.1) is 10.8 Å². The minimum absolute atomic E-state index is 0.0872. The average Bonchev–Trinajstić information content (AvgIpc) is 2.64. The molecule has 0 unspecified atom stereocenters. The molecule has 0 aromatic heterocycles. The normalized spacial score (nSPS) is 29.9. The Morgan fingerprint density at radius 1 is 0.786 bits per heavy atom. The number of ether oxygens (including phenoxy) is 1. The number of unbranched alkanes of at least 4 members (excludes halogenated alkanes) is 3. The van der Waals surface area contributed by atoms with Crippen LogP contribution in [0.3, 0.4) is 0 Å². The minimum atomic E-state index is -9.61. The Labute approximate surface area is 164 Å². The summed E-state index contributed by atoms with van der Waals surface area (Å²) in [5.41, 5.74) is 0.572. The first-order chi connectivity index (χ1) is 12.9. The summed E-state index contributed by atoms with van der Waals surface area (Å²) >= 11 is 0. The Morgan fingerprint density at radius 2 is 1.32 bits per heavy atom. The lowest BCUT2D eigenvalue weighted by Gasteiger charge is -2.53. The van der Waals surface area contributed by atoms with Crippen molar-refractivity contribution in [3.63, 3.8) is 0 Å². The van der Waals surface area contributed by atoms with Crippen molar-refractivity contribution in [1.82, 2.24) is 0 Å². The van der Waals surface area contributed by atoms with E-state index in [2.05, 4.69) is 6.92 Å². The summed E-state index contributed by atoms with van der Waals surface area (Å²) in [6, 6.07) is 2.87. The molecule has 0 amide bonds. The fourth-order valence-electron chi connectivity index (χ4n) is 4.89. The molecule has 0 aliphatic heterocycles. The van der Waals surface area contributed by atoms with E-state index >= 15 is 0 Å². The van der Waals surface area contributed by atoms with Crippen molar-refractivity contribution >= 4 is 10.2 Å². The van der Waals surface area contributed by atoms with Crippen molar-refractivity contribution in [3.8, 4) is 5.75 Å². The molecular weight excluding hydrogens is 395 g/mol. The van der Waals surface area contributed by atoms with Crippen LogP contribution in [0.15, 0.2) is 29.2 Å². The van der Waals surface area contributed by atoms with E-state index in [0.29, 0.717) is 24.2 Å². The van der Waals surface area contributed by atoms with Crippen LogP contribution < -0.4 is 4.74 Å². The molecule has 1 aromatic rings. The third-order valence-electron chi connectivity index (χ3n) is 6.93. The Balaban J connectivity index is 1.53. The van der Waals surface area contributed by atoms with Crippen molar-refractivity contribution in [2.45, 2.75) is 82.4 Å². The zero-order valence-electron chi connectivity index (χ0n) is 16.5. The topological polar surface area (TPSA) is 9.23 Å². The molecular formula is C21H31F5OS. The van der Waals surface area contributed by atoms with Gasteiger partial charge >= 0.3 is 10.2 Å². The number of hydrogen-bond acceptors (Lipinski definition) is 1. The summed E-state index contributed by atoms with van der Waals surface area (Å²) in [6.45, 7) is 2.67. The summed E-state index contributed by atoms with van der Waals surface area (Å²) in [5.74, 6) is 0.224. The largest absolute Gasteiger partial charge is 0.493 e. The molecule has 0 N–H and O–H groups in total. The lowest BCUT2D eigenvalue weighted by molar-refractivity contribution is -0.0409. The molecule has 3 saturated carbocycles. The van der Waals surface area contributed by atoms with E-state index in [0.717, 1.165) is 31.4 Å². The molecule has 28 heavy (non-hydrogen) atoms. The van der Waals surface area contributed by atoms with E-state index < -0.39 is 15.1 Å². The second-order valence-corrected chi connectivity index (χ2v) is 11.4. The molecule has 0 spiro atoms. The van der Waals surface area contributed by atoms with Crippen molar-refractivity contribution in [2.24, 2.45) is 10.8 Å². The molecule has 0 heterocycles. The Morgan fingerprint density at radius 3 is 1.82 bits per heavy atom. The monoisotopic (exact) mass is 426 g/mol. The summed E-state index contributed by atoms with van der Waals surface area (Å²) in [7, 11) is -9.61. The molecule has 3 aliphatic rings. The van der Waals surface area contributed by atoms with E-state index in [9.17, 15) is 19.4 Å². The molecule has 0 saturated heterocycles. The first-order valence-electron chi connectivity index (χ1n) is 10.3. The molecule has 1 nitrogen and oxygen atoms in total. The molecule has 162 valence electrons. The van der Waals surface area contributed by atoms with Crippen LogP contribution in [0.4, 0.5) is 19.4 Å². The van der Waals surface area contributed by atoms with Crippen LogP contribution in [0.25, 0.3) is 0 Å².